The van der Waals surface area contributed by atoms with Crippen molar-refractivity contribution in [3.63, 3.8) is 0 Å². The van der Waals surface area contributed by atoms with E-state index < -0.39 is 0 Å². The highest BCUT2D eigenvalue weighted by Crippen LogP contribution is 2.21. The first-order chi connectivity index (χ1) is 11.8. The third-order valence-corrected chi connectivity index (χ3v) is 3.93. The number of hydrogen-bond donors (Lipinski definition) is 2. The Kier molecular flexibility index (Phi) is 5.69. The molecule has 0 saturated heterocycles. The highest BCUT2D eigenvalue weighted by molar-refractivity contribution is 5.62. The van der Waals surface area contributed by atoms with E-state index in [-0.39, 0.29) is 5.82 Å². The van der Waals surface area contributed by atoms with Gasteiger partial charge in [0.25, 0.3) is 0 Å². The Morgan fingerprint density at radius 3 is 2.71 bits per heavy atom. The maximum Gasteiger partial charge on any atom is 0.123 e. The van der Waals surface area contributed by atoms with Crippen LogP contribution in [0.1, 0.15) is 24.1 Å². The van der Waals surface area contributed by atoms with E-state index in [0.29, 0.717) is 0 Å². The van der Waals surface area contributed by atoms with Gasteiger partial charge >= 0.3 is 0 Å². The third kappa shape index (κ3) is 4.49. The number of rotatable bonds is 8. The zero-order valence-corrected chi connectivity index (χ0v) is 13.5. The number of H-pyrrole nitrogens is 1. The number of halogens is 1. The molecule has 3 rings (SSSR count). The van der Waals surface area contributed by atoms with E-state index in [0.717, 1.165) is 54.9 Å². The molecule has 24 heavy (non-hydrogen) atoms. The fourth-order valence-corrected chi connectivity index (χ4v) is 2.64. The van der Waals surface area contributed by atoms with Crippen LogP contribution in [0.3, 0.4) is 0 Å². The Labute approximate surface area is 141 Å². The van der Waals surface area contributed by atoms with Crippen molar-refractivity contribution >= 4 is 0 Å². The molecule has 0 aliphatic rings. The van der Waals surface area contributed by atoms with E-state index in [9.17, 15) is 4.39 Å². The van der Waals surface area contributed by atoms with E-state index in [2.05, 4.69) is 26.6 Å². The second-order valence-corrected chi connectivity index (χ2v) is 5.73. The zero-order valence-electron chi connectivity index (χ0n) is 13.5. The molecule has 0 amide bonds. The van der Waals surface area contributed by atoms with E-state index in [1.54, 1.807) is 12.1 Å². The van der Waals surface area contributed by atoms with Crippen LogP contribution < -0.4 is 5.32 Å². The van der Waals surface area contributed by atoms with Gasteiger partial charge in [-0.2, -0.15) is 5.10 Å². The summed E-state index contributed by atoms with van der Waals surface area (Å²) in [5.74, 6) is -0.231. The largest absolute Gasteiger partial charge is 0.313 e. The van der Waals surface area contributed by atoms with Crippen LogP contribution in [0, 0.1) is 5.82 Å². The molecule has 0 spiro atoms. The number of aromatic amines is 1. The predicted molar refractivity (Wildman–Crippen MR) is 92.9 cm³/mol. The summed E-state index contributed by atoms with van der Waals surface area (Å²) in [6.07, 6.45) is 6.87. The number of nitrogens with zero attached hydrogens (tertiary/aromatic N) is 2. The molecule has 5 heteroatoms. The van der Waals surface area contributed by atoms with E-state index in [1.165, 1.54) is 12.1 Å². The molecule has 0 aliphatic carbocycles. The van der Waals surface area contributed by atoms with Gasteiger partial charge in [0.2, 0.25) is 0 Å². The molecule has 0 bridgehead atoms. The number of hydrogen-bond acceptors (Lipinski definition) is 3. The average Bonchev–Trinajstić information content (AvgIpc) is 3.08. The smallest absolute Gasteiger partial charge is 0.123 e. The van der Waals surface area contributed by atoms with Gasteiger partial charge in [-0.3, -0.25) is 10.1 Å². The summed E-state index contributed by atoms with van der Waals surface area (Å²) >= 11 is 0. The van der Waals surface area contributed by atoms with Crippen molar-refractivity contribution in [1.29, 1.82) is 0 Å². The lowest BCUT2D eigenvalue weighted by molar-refractivity contribution is 0.620. The monoisotopic (exact) mass is 324 g/mol. The van der Waals surface area contributed by atoms with Gasteiger partial charge in [-0.05, 0) is 62.2 Å². The number of benzene rings is 1. The molecular weight excluding hydrogens is 303 g/mol. The number of nitrogens with one attached hydrogen (secondary N) is 2. The van der Waals surface area contributed by atoms with Crippen LogP contribution >= 0.6 is 0 Å². The first kappa shape index (κ1) is 16.3. The fraction of sp³-hybridized carbons (Fsp3) is 0.263. The molecular formula is C19H21FN4. The van der Waals surface area contributed by atoms with Crippen molar-refractivity contribution in [2.24, 2.45) is 0 Å². The van der Waals surface area contributed by atoms with Crippen LogP contribution in [0.15, 0.2) is 54.9 Å². The van der Waals surface area contributed by atoms with E-state index >= 15 is 0 Å². The molecule has 0 fully saturated rings. The lowest BCUT2D eigenvalue weighted by Crippen LogP contribution is -2.15. The maximum absolute atomic E-state index is 13.0. The first-order valence-electron chi connectivity index (χ1n) is 8.22. The van der Waals surface area contributed by atoms with Crippen LogP contribution in [-0.4, -0.2) is 21.7 Å². The maximum atomic E-state index is 13.0. The summed E-state index contributed by atoms with van der Waals surface area (Å²) in [5, 5.41) is 10.5. The Morgan fingerprint density at radius 1 is 1.04 bits per heavy atom. The van der Waals surface area contributed by atoms with Crippen molar-refractivity contribution in [2.45, 2.75) is 25.8 Å². The minimum absolute atomic E-state index is 0.231. The average molecular weight is 324 g/mol. The molecule has 2 aromatic heterocycles. The van der Waals surface area contributed by atoms with Crippen LogP contribution in [0.25, 0.3) is 11.3 Å². The van der Waals surface area contributed by atoms with Crippen molar-refractivity contribution in [3.05, 3.63) is 71.9 Å². The Hall–Kier alpha value is -2.53. The van der Waals surface area contributed by atoms with Gasteiger partial charge in [-0.25, -0.2) is 4.39 Å². The molecule has 4 nitrogen and oxygen atoms in total. The molecule has 3 aromatic rings. The summed E-state index contributed by atoms with van der Waals surface area (Å²) in [6.45, 7) is 1.69. The fourth-order valence-electron chi connectivity index (χ4n) is 2.64. The summed E-state index contributed by atoms with van der Waals surface area (Å²) in [5.41, 5.74) is 4.12. The van der Waals surface area contributed by atoms with Gasteiger partial charge in [0.05, 0.1) is 11.9 Å². The van der Waals surface area contributed by atoms with Crippen molar-refractivity contribution in [2.75, 3.05) is 6.54 Å². The predicted octanol–water partition coefficient (Wildman–Crippen LogP) is 3.72. The molecule has 124 valence electrons. The summed E-state index contributed by atoms with van der Waals surface area (Å²) in [4.78, 5) is 4.33. The topological polar surface area (TPSA) is 53.6 Å². The molecule has 2 heterocycles. The van der Waals surface area contributed by atoms with Crippen LogP contribution in [0.2, 0.25) is 0 Å². The van der Waals surface area contributed by atoms with Gasteiger partial charge in [0, 0.05) is 29.6 Å². The molecule has 0 radical (unpaired) electrons. The molecule has 1 aromatic carbocycles. The Balaban J connectivity index is 1.43. The van der Waals surface area contributed by atoms with Crippen molar-refractivity contribution in [3.8, 4) is 11.3 Å². The Morgan fingerprint density at radius 2 is 1.92 bits per heavy atom. The Bertz CT molecular complexity index is 738. The van der Waals surface area contributed by atoms with Crippen molar-refractivity contribution in [1.82, 2.24) is 20.5 Å². The standard InChI is InChI=1S/C19H21FN4/c20-17-9-7-15(8-10-17)19-16(14-23-24-19)13-21-11-3-1-5-18-6-2-4-12-22-18/h2,4,6-10,12,14,21H,1,3,5,11,13H2,(H,23,24). The van der Waals surface area contributed by atoms with Gasteiger partial charge < -0.3 is 5.32 Å². The number of unbranched alkanes of at least 4 members (excludes halogenated alkanes) is 1. The lowest BCUT2D eigenvalue weighted by Gasteiger charge is -2.06. The van der Waals surface area contributed by atoms with E-state index in [1.807, 2.05) is 24.5 Å². The number of aryl methyl sites for hydroxylation is 1. The lowest BCUT2D eigenvalue weighted by atomic mass is 10.1. The first-order valence-corrected chi connectivity index (χ1v) is 8.22. The van der Waals surface area contributed by atoms with Gasteiger partial charge in [-0.1, -0.05) is 6.07 Å². The molecule has 0 unspecified atom stereocenters. The second kappa shape index (κ2) is 8.36. The van der Waals surface area contributed by atoms with Crippen molar-refractivity contribution < 1.29 is 4.39 Å². The van der Waals surface area contributed by atoms with Gasteiger partial charge in [0.1, 0.15) is 5.82 Å². The van der Waals surface area contributed by atoms with Crippen LogP contribution in [0.4, 0.5) is 4.39 Å². The highest BCUT2D eigenvalue weighted by Gasteiger charge is 2.07. The van der Waals surface area contributed by atoms with E-state index in [4.69, 9.17) is 0 Å². The quantitative estimate of drug-likeness (QED) is 0.621. The SMILES string of the molecule is Fc1ccc(-c2[nH]ncc2CNCCCCc2ccccn2)cc1. The summed E-state index contributed by atoms with van der Waals surface area (Å²) in [7, 11) is 0. The second-order valence-electron chi connectivity index (χ2n) is 5.73. The third-order valence-electron chi connectivity index (χ3n) is 3.93. The highest BCUT2D eigenvalue weighted by atomic mass is 19.1. The molecule has 0 atom stereocenters. The minimum atomic E-state index is -0.231. The van der Waals surface area contributed by atoms with Crippen LogP contribution in [-0.2, 0) is 13.0 Å². The number of aromatic nitrogens is 3. The molecule has 0 aliphatic heterocycles. The summed E-state index contributed by atoms with van der Waals surface area (Å²) in [6, 6.07) is 12.5. The number of pyridine rings is 1. The minimum Gasteiger partial charge on any atom is -0.313 e. The summed E-state index contributed by atoms with van der Waals surface area (Å²) < 4.78 is 13.0. The normalized spacial score (nSPS) is 10.9. The van der Waals surface area contributed by atoms with Gasteiger partial charge in [0.15, 0.2) is 0 Å². The molecule has 0 saturated carbocycles. The zero-order chi connectivity index (χ0) is 16.6. The van der Waals surface area contributed by atoms with Gasteiger partial charge in [-0.15, -0.1) is 0 Å². The van der Waals surface area contributed by atoms with Crippen LogP contribution in [0.5, 0.6) is 0 Å². The molecule has 2 N–H and O–H groups in total.